The van der Waals surface area contributed by atoms with Crippen molar-refractivity contribution in [1.29, 1.82) is 0 Å². The normalized spacial score (nSPS) is 10.0. The Balaban J connectivity index is 2.44. The summed E-state index contributed by atoms with van der Waals surface area (Å²) in [7, 11) is 2.56. The molecule has 7 nitrogen and oxygen atoms in total. The Kier molecular flexibility index (Phi) is 5.14. The predicted molar refractivity (Wildman–Crippen MR) is 81.4 cm³/mol. The topological polar surface area (TPSA) is 101 Å². The molecule has 1 aromatic heterocycles. The highest BCUT2D eigenvalue weighted by Gasteiger charge is 2.25. The minimum absolute atomic E-state index is 0.00378. The Labute approximate surface area is 133 Å². The standard InChI is InChI=1S/C16H16N2O5/c1-21-14-12(16(20)22-2)18-8-11(15(17)19)13(14)23-9-10-6-4-3-5-7-10/h3-8H,9H2,1-2H3,(H2,17,19). The third kappa shape index (κ3) is 3.57. The first-order chi connectivity index (χ1) is 11.1. The van der Waals surface area contributed by atoms with E-state index in [-0.39, 0.29) is 29.4 Å². The van der Waals surface area contributed by atoms with E-state index in [1.807, 2.05) is 30.3 Å². The molecule has 0 unspecified atom stereocenters. The van der Waals surface area contributed by atoms with Crippen molar-refractivity contribution < 1.29 is 23.8 Å². The molecule has 0 aliphatic rings. The summed E-state index contributed by atoms with van der Waals surface area (Å²) >= 11 is 0. The van der Waals surface area contributed by atoms with Gasteiger partial charge in [-0.2, -0.15) is 0 Å². The predicted octanol–water partition coefficient (Wildman–Crippen LogP) is 1.55. The van der Waals surface area contributed by atoms with Crippen LogP contribution in [-0.4, -0.2) is 31.1 Å². The summed E-state index contributed by atoms with van der Waals surface area (Å²) < 4.78 is 15.5. The van der Waals surface area contributed by atoms with Crippen LogP contribution in [0.1, 0.15) is 26.4 Å². The van der Waals surface area contributed by atoms with Gasteiger partial charge in [0.2, 0.25) is 0 Å². The van der Waals surface area contributed by atoms with Gasteiger partial charge in [0.05, 0.1) is 14.2 Å². The van der Waals surface area contributed by atoms with Crippen LogP contribution in [0.15, 0.2) is 36.5 Å². The van der Waals surface area contributed by atoms with Crippen LogP contribution in [-0.2, 0) is 11.3 Å². The number of ether oxygens (including phenoxy) is 3. The maximum atomic E-state index is 11.8. The smallest absolute Gasteiger partial charge is 0.360 e. The molecule has 0 fully saturated rings. The molecule has 23 heavy (non-hydrogen) atoms. The van der Waals surface area contributed by atoms with Crippen LogP contribution < -0.4 is 15.2 Å². The first-order valence-corrected chi connectivity index (χ1v) is 6.70. The lowest BCUT2D eigenvalue weighted by Crippen LogP contribution is -2.17. The molecular formula is C16H16N2O5. The number of benzene rings is 1. The van der Waals surface area contributed by atoms with Crippen molar-refractivity contribution in [3.05, 3.63) is 53.3 Å². The van der Waals surface area contributed by atoms with Gasteiger partial charge in [0.1, 0.15) is 12.2 Å². The molecule has 0 saturated carbocycles. The molecule has 2 aromatic rings. The zero-order valence-corrected chi connectivity index (χ0v) is 12.7. The summed E-state index contributed by atoms with van der Waals surface area (Å²) in [5, 5.41) is 0. The van der Waals surface area contributed by atoms with Gasteiger partial charge in [0.25, 0.3) is 5.91 Å². The number of esters is 1. The van der Waals surface area contributed by atoms with Gasteiger partial charge in [0, 0.05) is 6.20 Å². The Bertz CT molecular complexity index is 716. The number of amides is 1. The fourth-order valence-corrected chi connectivity index (χ4v) is 1.96. The van der Waals surface area contributed by atoms with E-state index >= 15 is 0 Å². The molecule has 0 radical (unpaired) electrons. The summed E-state index contributed by atoms with van der Waals surface area (Å²) in [6.07, 6.45) is 1.16. The Morgan fingerprint density at radius 2 is 1.83 bits per heavy atom. The lowest BCUT2D eigenvalue weighted by Gasteiger charge is -2.15. The minimum Gasteiger partial charge on any atom is -0.491 e. The molecule has 1 heterocycles. The fraction of sp³-hybridized carbons (Fsp3) is 0.188. The van der Waals surface area contributed by atoms with Crippen molar-refractivity contribution in [2.24, 2.45) is 5.73 Å². The minimum atomic E-state index is -0.740. The van der Waals surface area contributed by atoms with E-state index < -0.39 is 11.9 Å². The second-order valence-corrected chi connectivity index (χ2v) is 4.51. The van der Waals surface area contributed by atoms with Crippen molar-refractivity contribution in [2.45, 2.75) is 6.61 Å². The summed E-state index contributed by atoms with van der Waals surface area (Å²) in [5.74, 6) is -1.39. The number of hydrogen-bond donors (Lipinski definition) is 1. The van der Waals surface area contributed by atoms with E-state index in [1.165, 1.54) is 14.2 Å². The van der Waals surface area contributed by atoms with Crippen LogP contribution in [0, 0.1) is 0 Å². The number of rotatable bonds is 6. The van der Waals surface area contributed by atoms with Crippen LogP contribution in [0.2, 0.25) is 0 Å². The summed E-state index contributed by atoms with van der Waals surface area (Å²) in [6, 6.07) is 9.31. The number of hydrogen-bond acceptors (Lipinski definition) is 6. The molecule has 1 aromatic carbocycles. The Morgan fingerprint density at radius 3 is 2.39 bits per heavy atom. The molecule has 0 saturated heterocycles. The fourth-order valence-electron chi connectivity index (χ4n) is 1.96. The van der Waals surface area contributed by atoms with Crippen molar-refractivity contribution in [3.63, 3.8) is 0 Å². The zero-order valence-electron chi connectivity index (χ0n) is 12.7. The van der Waals surface area contributed by atoms with Gasteiger partial charge in [-0.05, 0) is 5.56 Å². The van der Waals surface area contributed by atoms with E-state index in [0.29, 0.717) is 0 Å². The molecule has 0 aliphatic heterocycles. The van der Waals surface area contributed by atoms with E-state index in [4.69, 9.17) is 15.2 Å². The molecule has 120 valence electrons. The number of nitrogens with two attached hydrogens (primary N) is 1. The average Bonchev–Trinajstić information content (AvgIpc) is 2.58. The van der Waals surface area contributed by atoms with Crippen molar-refractivity contribution in [2.75, 3.05) is 14.2 Å². The zero-order chi connectivity index (χ0) is 16.8. The van der Waals surface area contributed by atoms with E-state index in [2.05, 4.69) is 9.72 Å². The van der Waals surface area contributed by atoms with Gasteiger partial charge in [-0.25, -0.2) is 9.78 Å². The van der Waals surface area contributed by atoms with Gasteiger partial charge in [-0.1, -0.05) is 30.3 Å². The summed E-state index contributed by atoms with van der Waals surface area (Å²) in [4.78, 5) is 27.2. The highest BCUT2D eigenvalue weighted by Crippen LogP contribution is 2.34. The van der Waals surface area contributed by atoms with Crippen LogP contribution in [0.4, 0.5) is 0 Å². The monoisotopic (exact) mass is 316 g/mol. The molecular weight excluding hydrogens is 300 g/mol. The molecule has 1 amide bonds. The second-order valence-electron chi connectivity index (χ2n) is 4.51. The van der Waals surface area contributed by atoms with E-state index in [0.717, 1.165) is 11.8 Å². The van der Waals surface area contributed by atoms with Gasteiger partial charge < -0.3 is 19.9 Å². The van der Waals surface area contributed by atoms with Crippen LogP contribution in [0.25, 0.3) is 0 Å². The van der Waals surface area contributed by atoms with Gasteiger partial charge in [-0.15, -0.1) is 0 Å². The molecule has 2 rings (SSSR count). The second kappa shape index (κ2) is 7.26. The van der Waals surface area contributed by atoms with Crippen molar-refractivity contribution >= 4 is 11.9 Å². The number of pyridine rings is 1. The number of primary amides is 1. The van der Waals surface area contributed by atoms with E-state index in [1.54, 1.807) is 0 Å². The lowest BCUT2D eigenvalue weighted by atomic mass is 10.2. The first kappa shape index (κ1) is 16.3. The average molecular weight is 316 g/mol. The molecule has 2 N–H and O–H groups in total. The van der Waals surface area contributed by atoms with Crippen LogP contribution in [0.5, 0.6) is 11.5 Å². The van der Waals surface area contributed by atoms with Gasteiger partial charge in [0.15, 0.2) is 17.2 Å². The maximum Gasteiger partial charge on any atom is 0.360 e. The van der Waals surface area contributed by atoms with Gasteiger partial charge >= 0.3 is 5.97 Å². The number of carbonyl (C=O) groups excluding carboxylic acids is 2. The Morgan fingerprint density at radius 1 is 1.13 bits per heavy atom. The lowest BCUT2D eigenvalue weighted by molar-refractivity contribution is 0.0588. The van der Waals surface area contributed by atoms with Gasteiger partial charge in [-0.3, -0.25) is 4.79 Å². The molecule has 0 atom stereocenters. The largest absolute Gasteiger partial charge is 0.491 e. The maximum absolute atomic E-state index is 11.8. The molecule has 0 aliphatic carbocycles. The van der Waals surface area contributed by atoms with Crippen molar-refractivity contribution in [3.8, 4) is 11.5 Å². The number of nitrogens with zero attached hydrogens (tertiary/aromatic N) is 1. The quantitative estimate of drug-likeness (QED) is 0.812. The number of methoxy groups -OCH3 is 2. The third-order valence-electron chi connectivity index (χ3n) is 3.06. The van der Waals surface area contributed by atoms with Crippen LogP contribution in [0.3, 0.4) is 0 Å². The van der Waals surface area contributed by atoms with Crippen LogP contribution >= 0.6 is 0 Å². The Hall–Kier alpha value is -3.09. The van der Waals surface area contributed by atoms with E-state index in [9.17, 15) is 9.59 Å². The number of carbonyl (C=O) groups is 2. The third-order valence-corrected chi connectivity index (χ3v) is 3.06. The molecule has 0 spiro atoms. The summed E-state index contributed by atoms with van der Waals surface area (Å²) in [5.41, 5.74) is 6.14. The molecule has 0 bridgehead atoms. The van der Waals surface area contributed by atoms with Crippen molar-refractivity contribution in [1.82, 2.24) is 4.98 Å². The molecule has 7 heteroatoms. The summed E-state index contributed by atoms with van der Waals surface area (Å²) in [6.45, 7) is 0.169. The SMILES string of the molecule is COC(=O)c1ncc(C(N)=O)c(OCc2ccccc2)c1OC. The number of aromatic nitrogens is 1. The highest BCUT2D eigenvalue weighted by atomic mass is 16.5. The highest BCUT2D eigenvalue weighted by molar-refractivity contribution is 5.99. The first-order valence-electron chi connectivity index (χ1n) is 6.70.